The van der Waals surface area contributed by atoms with Gasteiger partial charge in [0.2, 0.25) is 0 Å². The zero-order chi connectivity index (χ0) is 13.2. The van der Waals surface area contributed by atoms with Crippen molar-refractivity contribution in [1.29, 1.82) is 0 Å². The summed E-state index contributed by atoms with van der Waals surface area (Å²) in [7, 11) is 2.09. The lowest BCUT2D eigenvalue weighted by atomic mass is 10.1. The molecule has 0 aliphatic carbocycles. The van der Waals surface area contributed by atoms with E-state index in [0.717, 1.165) is 28.8 Å². The Balaban J connectivity index is 2.03. The van der Waals surface area contributed by atoms with Gasteiger partial charge >= 0.3 is 0 Å². The molecule has 0 radical (unpaired) electrons. The van der Waals surface area contributed by atoms with E-state index in [2.05, 4.69) is 45.9 Å². The Morgan fingerprint density at radius 3 is 2.95 bits per heavy atom. The second-order valence-corrected chi connectivity index (χ2v) is 5.34. The monoisotopic (exact) mass is 269 g/mol. The van der Waals surface area contributed by atoms with Crippen LogP contribution < -0.4 is 10.6 Å². The van der Waals surface area contributed by atoms with Crippen molar-refractivity contribution in [1.82, 2.24) is 4.98 Å². The van der Waals surface area contributed by atoms with E-state index in [1.54, 1.807) is 17.5 Å². The highest BCUT2D eigenvalue weighted by Crippen LogP contribution is 2.29. The molecule has 0 amide bonds. The zero-order valence-corrected chi connectivity index (χ0v) is 11.5. The van der Waals surface area contributed by atoms with Gasteiger partial charge in [0.15, 0.2) is 0 Å². The molecular weight excluding hydrogens is 254 g/mol. The van der Waals surface area contributed by atoms with Crippen molar-refractivity contribution < 1.29 is 0 Å². The van der Waals surface area contributed by atoms with Crippen LogP contribution in [0.3, 0.4) is 0 Å². The summed E-state index contributed by atoms with van der Waals surface area (Å²) < 4.78 is 0. The molecule has 3 aromatic rings. The minimum atomic E-state index is 0.725. The number of fused-ring (bicyclic) bond motifs is 1. The summed E-state index contributed by atoms with van der Waals surface area (Å²) in [5.41, 5.74) is 10.1. The van der Waals surface area contributed by atoms with Gasteiger partial charge in [-0.2, -0.15) is 11.3 Å². The number of nitrogen functional groups attached to an aromatic ring is 1. The van der Waals surface area contributed by atoms with Crippen molar-refractivity contribution in [2.24, 2.45) is 0 Å². The van der Waals surface area contributed by atoms with E-state index in [1.807, 2.05) is 12.1 Å². The van der Waals surface area contributed by atoms with E-state index in [1.165, 1.54) is 5.56 Å². The first-order valence-corrected chi connectivity index (χ1v) is 7.05. The van der Waals surface area contributed by atoms with Crippen molar-refractivity contribution in [2.45, 2.75) is 6.54 Å². The molecule has 0 saturated carbocycles. The summed E-state index contributed by atoms with van der Waals surface area (Å²) in [5, 5.41) is 5.38. The molecular formula is C15H15N3S. The molecule has 0 spiro atoms. The summed E-state index contributed by atoms with van der Waals surface area (Å²) in [6.45, 7) is 0.886. The highest BCUT2D eigenvalue weighted by Gasteiger charge is 2.09. The van der Waals surface area contributed by atoms with Gasteiger partial charge in [-0.05, 0) is 46.7 Å². The third kappa shape index (κ3) is 2.27. The SMILES string of the molecule is CN(Cc1ccsc1)c1ccc(N)c2ncccc12. The maximum absolute atomic E-state index is 5.98. The Labute approximate surface area is 116 Å². The number of hydrogen-bond acceptors (Lipinski definition) is 4. The Morgan fingerprint density at radius 2 is 2.16 bits per heavy atom. The van der Waals surface area contributed by atoms with Crippen LogP contribution in [-0.4, -0.2) is 12.0 Å². The number of rotatable bonds is 3. The normalized spacial score (nSPS) is 10.8. The minimum absolute atomic E-state index is 0.725. The second-order valence-electron chi connectivity index (χ2n) is 4.56. The maximum atomic E-state index is 5.98. The molecule has 0 fully saturated rings. The fourth-order valence-corrected chi connectivity index (χ4v) is 2.91. The van der Waals surface area contributed by atoms with Gasteiger partial charge in [0.05, 0.1) is 11.2 Å². The van der Waals surface area contributed by atoms with Gasteiger partial charge in [0.25, 0.3) is 0 Å². The van der Waals surface area contributed by atoms with Crippen molar-refractivity contribution in [2.75, 3.05) is 17.7 Å². The van der Waals surface area contributed by atoms with Crippen LogP contribution in [-0.2, 0) is 6.54 Å². The molecule has 0 saturated heterocycles. The van der Waals surface area contributed by atoms with Crippen LogP contribution in [0.25, 0.3) is 10.9 Å². The van der Waals surface area contributed by atoms with Crippen LogP contribution in [0.5, 0.6) is 0 Å². The van der Waals surface area contributed by atoms with Gasteiger partial charge in [-0.3, -0.25) is 4.98 Å². The molecule has 19 heavy (non-hydrogen) atoms. The predicted octanol–water partition coefficient (Wildman–Crippen LogP) is 3.51. The van der Waals surface area contributed by atoms with Gasteiger partial charge in [-0.1, -0.05) is 0 Å². The number of nitrogens with two attached hydrogens (primary N) is 1. The molecule has 96 valence electrons. The first kappa shape index (κ1) is 12.0. The van der Waals surface area contributed by atoms with E-state index in [9.17, 15) is 0 Å². The maximum Gasteiger partial charge on any atom is 0.0951 e. The fraction of sp³-hybridized carbons (Fsp3) is 0.133. The lowest BCUT2D eigenvalue weighted by Gasteiger charge is -2.21. The zero-order valence-electron chi connectivity index (χ0n) is 10.7. The molecule has 1 aromatic carbocycles. The van der Waals surface area contributed by atoms with Crippen LogP contribution >= 0.6 is 11.3 Å². The number of nitrogens with zero attached hydrogens (tertiary/aromatic N) is 2. The summed E-state index contributed by atoms with van der Waals surface area (Å²) in [6.07, 6.45) is 1.78. The lowest BCUT2D eigenvalue weighted by molar-refractivity contribution is 0.933. The number of pyridine rings is 1. The van der Waals surface area contributed by atoms with E-state index in [0.29, 0.717) is 0 Å². The summed E-state index contributed by atoms with van der Waals surface area (Å²) in [5.74, 6) is 0. The van der Waals surface area contributed by atoms with Crippen molar-refractivity contribution in [3.8, 4) is 0 Å². The smallest absolute Gasteiger partial charge is 0.0951 e. The minimum Gasteiger partial charge on any atom is -0.397 e. The van der Waals surface area contributed by atoms with Crippen LogP contribution in [0, 0.1) is 0 Å². The molecule has 0 unspecified atom stereocenters. The van der Waals surface area contributed by atoms with E-state index in [-0.39, 0.29) is 0 Å². The van der Waals surface area contributed by atoms with Crippen LogP contribution in [0.1, 0.15) is 5.56 Å². The molecule has 0 bridgehead atoms. The Morgan fingerprint density at radius 1 is 1.26 bits per heavy atom. The molecule has 4 heteroatoms. The van der Waals surface area contributed by atoms with Crippen LogP contribution in [0.15, 0.2) is 47.3 Å². The number of hydrogen-bond donors (Lipinski definition) is 1. The Hall–Kier alpha value is -2.07. The molecule has 3 nitrogen and oxygen atoms in total. The highest BCUT2D eigenvalue weighted by atomic mass is 32.1. The fourth-order valence-electron chi connectivity index (χ4n) is 2.25. The lowest BCUT2D eigenvalue weighted by Crippen LogP contribution is -2.16. The van der Waals surface area contributed by atoms with Crippen LogP contribution in [0.2, 0.25) is 0 Å². The van der Waals surface area contributed by atoms with E-state index in [4.69, 9.17) is 5.73 Å². The third-order valence-electron chi connectivity index (χ3n) is 3.19. The van der Waals surface area contributed by atoms with Gasteiger partial charge in [-0.15, -0.1) is 0 Å². The van der Waals surface area contributed by atoms with Gasteiger partial charge in [0, 0.05) is 30.9 Å². The molecule has 0 atom stereocenters. The van der Waals surface area contributed by atoms with Gasteiger partial charge in [-0.25, -0.2) is 0 Å². The summed E-state index contributed by atoms with van der Waals surface area (Å²) in [6, 6.07) is 10.2. The van der Waals surface area contributed by atoms with E-state index < -0.39 is 0 Å². The first-order chi connectivity index (χ1) is 9.25. The van der Waals surface area contributed by atoms with Crippen molar-refractivity contribution in [3.63, 3.8) is 0 Å². The molecule has 0 aliphatic heterocycles. The molecule has 2 aromatic heterocycles. The number of anilines is 2. The molecule has 2 heterocycles. The van der Waals surface area contributed by atoms with E-state index >= 15 is 0 Å². The number of aromatic nitrogens is 1. The third-order valence-corrected chi connectivity index (χ3v) is 3.92. The average Bonchev–Trinajstić information content (AvgIpc) is 2.92. The number of benzene rings is 1. The standard InChI is InChI=1S/C15H15N3S/c1-18(9-11-6-8-19-10-11)14-5-4-13(16)15-12(14)3-2-7-17-15/h2-8,10H,9,16H2,1H3. The number of thiophene rings is 1. The first-order valence-electron chi connectivity index (χ1n) is 6.11. The van der Waals surface area contributed by atoms with Crippen LogP contribution in [0.4, 0.5) is 11.4 Å². The summed E-state index contributed by atoms with van der Waals surface area (Å²) >= 11 is 1.72. The van der Waals surface area contributed by atoms with Gasteiger partial charge < -0.3 is 10.6 Å². The topological polar surface area (TPSA) is 42.1 Å². The Bertz CT molecular complexity index is 692. The van der Waals surface area contributed by atoms with Gasteiger partial charge in [0.1, 0.15) is 0 Å². The van der Waals surface area contributed by atoms with Crippen molar-refractivity contribution in [3.05, 3.63) is 52.9 Å². The van der Waals surface area contributed by atoms with Crippen molar-refractivity contribution >= 4 is 33.6 Å². The molecule has 0 aliphatic rings. The average molecular weight is 269 g/mol. The quantitative estimate of drug-likeness (QED) is 0.740. The highest BCUT2D eigenvalue weighted by molar-refractivity contribution is 7.07. The Kier molecular flexibility index (Phi) is 3.09. The predicted molar refractivity (Wildman–Crippen MR) is 82.6 cm³/mol. The largest absolute Gasteiger partial charge is 0.397 e. The summed E-state index contributed by atoms with van der Waals surface area (Å²) in [4.78, 5) is 6.60. The molecule has 3 rings (SSSR count). The second kappa shape index (κ2) is 4.90. The molecule has 2 N–H and O–H groups in total.